The van der Waals surface area contributed by atoms with Gasteiger partial charge in [0.1, 0.15) is 11.6 Å². The molecule has 0 fully saturated rings. The molecule has 3 N–H and O–H groups in total. The van der Waals surface area contributed by atoms with E-state index in [4.69, 9.17) is 4.74 Å². The number of alkyl carbamates (subject to hydrolysis) is 1. The molecule has 1 unspecified atom stereocenters. The number of H-pyrrole nitrogens is 1. The van der Waals surface area contributed by atoms with E-state index in [1.54, 1.807) is 45.0 Å². The molecule has 0 aliphatic heterocycles. The largest absolute Gasteiger partial charge is 0.460 e. The molecule has 31 heavy (non-hydrogen) atoms. The highest BCUT2D eigenvalue weighted by Gasteiger charge is 2.25. The van der Waals surface area contributed by atoms with E-state index in [-0.39, 0.29) is 5.82 Å². The molecule has 0 saturated carbocycles. The molecular formula is C22H24N4O5. The van der Waals surface area contributed by atoms with Crippen molar-refractivity contribution in [3.8, 4) is 11.4 Å². The first-order valence-corrected chi connectivity index (χ1v) is 9.70. The van der Waals surface area contributed by atoms with Gasteiger partial charge in [0.15, 0.2) is 5.82 Å². The molecule has 0 spiro atoms. The van der Waals surface area contributed by atoms with Crippen LogP contribution < -0.4 is 16.4 Å². The molecule has 2 amide bonds. The molecule has 1 atom stereocenters. The Hall–Kier alpha value is -3.88. The van der Waals surface area contributed by atoms with Crippen LogP contribution in [0.3, 0.4) is 0 Å². The van der Waals surface area contributed by atoms with E-state index in [1.807, 2.05) is 30.3 Å². The van der Waals surface area contributed by atoms with Crippen LogP contribution in [0.15, 0.2) is 63.9 Å². The predicted molar refractivity (Wildman–Crippen MR) is 114 cm³/mol. The zero-order chi connectivity index (χ0) is 22.4. The van der Waals surface area contributed by atoms with Gasteiger partial charge >= 0.3 is 11.8 Å². The van der Waals surface area contributed by atoms with Crippen LogP contribution in [0.2, 0.25) is 0 Å². The monoisotopic (exact) mass is 424 g/mol. The fraction of sp³-hybridized carbons (Fsp3) is 0.273. The van der Waals surface area contributed by atoms with Gasteiger partial charge in [-0.1, -0.05) is 30.3 Å². The summed E-state index contributed by atoms with van der Waals surface area (Å²) in [5, 5.41) is 7.86. The van der Waals surface area contributed by atoms with Crippen molar-refractivity contribution >= 4 is 17.7 Å². The number of nitrogens with one attached hydrogen (secondary N) is 3. The summed E-state index contributed by atoms with van der Waals surface area (Å²) < 4.78 is 9.86. The van der Waals surface area contributed by atoms with Crippen LogP contribution in [0.4, 0.5) is 10.5 Å². The Labute approximate surface area is 178 Å². The highest BCUT2D eigenvalue weighted by molar-refractivity contribution is 5.96. The lowest BCUT2D eigenvalue weighted by Crippen LogP contribution is -2.47. The van der Waals surface area contributed by atoms with E-state index in [0.717, 1.165) is 5.56 Å². The number of nitrogens with zero attached hydrogens (tertiary/aromatic N) is 1. The molecule has 1 heterocycles. The van der Waals surface area contributed by atoms with Crippen molar-refractivity contribution in [3.05, 3.63) is 70.7 Å². The highest BCUT2D eigenvalue weighted by Crippen LogP contribution is 2.17. The molecule has 0 bridgehead atoms. The number of carbonyl (C=O) groups excluding carboxylic acids is 2. The second kappa shape index (κ2) is 9.29. The first kappa shape index (κ1) is 21.8. The molecule has 9 nitrogen and oxygen atoms in total. The van der Waals surface area contributed by atoms with Gasteiger partial charge in [-0.05, 0) is 50.6 Å². The van der Waals surface area contributed by atoms with Gasteiger partial charge in [0.25, 0.3) is 0 Å². The summed E-state index contributed by atoms with van der Waals surface area (Å²) in [6, 6.07) is 15.2. The quantitative estimate of drug-likeness (QED) is 0.558. The molecule has 3 rings (SSSR count). The smallest absolute Gasteiger partial charge is 0.444 e. The number of rotatable bonds is 6. The Morgan fingerprint density at radius 1 is 1.10 bits per heavy atom. The summed E-state index contributed by atoms with van der Waals surface area (Å²) in [5.74, 6) is -0.821. The average Bonchev–Trinajstić information content (AvgIpc) is 3.14. The summed E-state index contributed by atoms with van der Waals surface area (Å²) in [6.45, 7) is 5.26. The number of benzene rings is 2. The van der Waals surface area contributed by atoms with Crippen molar-refractivity contribution in [1.82, 2.24) is 15.5 Å². The number of hydrogen-bond donors (Lipinski definition) is 3. The highest BCUT2D eigenvalue weighted by atomic mass is 16.6. The van der Waals surface area contributed by atoms with Gasteiger partial charge in [0.05, 0.1) is 0 Å². The number of anilines is 1. The number of ether oxygens (including phenoxy) is 1. The van der Waals surface area contributed by atoms with Crippen LogP contribution in [-0.2, 0) is 16.0 Å². The normalized spacial score (nSPS) is 12.1. The molecule has 1 aromatic heterocycles. The van der Waals surface area contributed by atoms with Crippen LogP contribution in [0.1, 0.15) is 26.3 Å². The topological polar surface area (TPSA) is 126 Å². The molecule has 0 aliphatic carbocycles. The molecule has 0 aliphatic rings. The van der Waals surface area contributed by atoms with Crippen LogP contribution in [0.25, 0.3) is 11.4 Å². The lowest BCUT2D eigenvalue weighted by molar-refractivity contribution is -0.118. The summed E-state index contributed by atoms with van der Waals surface area (Å²) in [7, 11) is 0. The second-order valence-electron chi connectivity index (χ2n) is 7.89. The van der Waals surface area contributed by atoms with Gasteiger partial charge in [0.2, 0.25) is 5.91 Å². The predicted octanol–water partition coefficient (Wildman–Crippen LogP) is 3.10. The minimum absolute atomic E-state index is 0.288. The van der Waals surface area contributed by atoms with E-state index in [0.29, 0.717) is 17.7 Å². The van der Waals surface area contributed by atoms with Crippen molar-refractivity contribution in [1.29, 1.82) is 0 Å². The van der Waals surface area contributed by atoms with Crippen LogP contribution >= 0.6 is 0 Å². The number of aromatic amines is 1. The second-order valence-corrected chi connectivity index (χ2v) is 7.89. The van der Waals surface area contributed by atoms with Crippen LogP contribution in [0, 0.1) is 0 Å². The molecule has 3 aromatic rings. The van der Waals surface area contributed by atoms with Gasteiger partial charge in [-0.2, -0.15) is 10.1 Å². The SMILES string of the molecule is CC(C)(C)OC(=O)NC(Cc1ccccc1)C(=O)Nc1ccc(-c2nc(=O)o[nH]2)cc1. The maximum Gasteiger partial charge on any atom is 0.460 e. The summed E-state index contributed by atoms with van der Waals surface area (Å²) in [6.07, 6.45) is -0.376. The van der Waals surface area contributed by atoms with E-state index in [9.17, 15) is 14.4 Å². The molecule has 162 valence electrons. The maximum atomic E-state index is 12.9. The van der Waals surface area contributed by atoms with E-state index < -0.39 is 29.4 Å². The number of amides is 2. The van der Waals surface area contributed by atoms with E-state index in [2.05, 4.69) is 25.3 Å². The minimum atomic E-state index is -0.844. The number of carbonyl (C=O) groups is 2. The Bertz CT molecular complexity index is 1080. The van der Waals surface area contributed by atoms with Gasteiger partial charge in [-0.15, -0.1) is 0 Å². The molecule has 0 radical (unpaired) electrons. The van der Waals surface area contributed by atoms with E-state index in [1.165, 1.54) is 0 Å². The lowest BCUT2D eigenvalue weighted by Gasteiger charge is -2.23. The first-order chi connectivity index (χ1) is 14.7. The van der Waals surface area contributed by atoms with E-state index >= 15 is 0 Å². The zero-order valence-electron chi connectivity index (χ0n) is 17.5. The average molecular weight is 424 g/mol. The molecule has 9 heteroatoms. The van der Waals surface area contributed by atoms with Gasteiger partial charge in [-0.3, -0.25) is 4.79 Å². The third kappa shape index (κ3) is 6.56. The maximum absolute atomic E-state index is 12.9. The van der Waals surface area contributed by atoms with Gasteiger partial charge in [-0.25, -0.2) is 9.59 Å². The summed E-state index contributed by atoms with van der Waals surface area (Å²) >= 11 is 0. The van der Waals surface area contributed by atoms with Gasteiger partial charge < -0.3 is 19.9 Å². The van der Waals surface area contributed by atoms with Crippen molar-refractivity contribution in [2.24, 2.45) is 0 Å². The lowest BCUT2D eigenvalue weighted by atomic mass is 10.1. The van der Waals surface area contributed by atoms with Crippen LogP contribution in [-0.4, -0.2) is 33.8 Å². The van der Waals surface area contributed by atoms with Crippen molar-refractivity contribution in [3.63, 3.8) is 0 Å². The summed E-state index contributed by atoms with van der Waals surface area (Å²) in [4.78, 5) is 39.9. The molecule has 2 aromatic carbocycles. The third-order valence-corrected chi connectivity index (χ3v) is 4.15. The standard InChI is InChI=1S/C22H24N4O5/c1-22(2,3)30-20(28)24-17(13-14-7-5-4-6-8-14)19(27)23-16-11-9-15(10-12-16)18-25-21(29)31-26-18/h4-12,17H,13H2,1-3H3,(H,23,27)(H,24,28)(H,25,26,29). The molecule has 0 saturated heterocycles. The fourth-order valence-corrected chi connectivity index (χ4v) is 2.80. The van der Waals surface area contributed by atoms with Gasteiger partial charge in [0, 0.05) is 17.7 Å². The first-order valence-electron chi connectivity index (χ1n) is 9.70. The summed E-state index contributed by atoms with van der Waals surface area (Å²) in [5.41, 5.74) is 1.35. The Kier molecular flexibility index (Phi) is 6.54. The Balaban J connectivity index is 1.72. The number of hydrogen-bond acceptors (Lipinski definition) is 6. The third-order valence-electron chi connectivity index (χ3n) is 4.15. The molecular weight excluding hydrogens is 400 g/mol. The zero-order valence-corrected chi connectivity index (χ0v) is 17.5. The minimum Gasteiger partial charge on any atom is -0.444 e. The van der Waals surface area contributed by atoms with Crippen molar-refractivity contribution in [2.75, 3.05) is 5.32 Å². The number of aromatic nitrogens is 2. The Morgan fingerprint density at radius 3 is 2.35 bits per heavy atom. The van der Waals surface area contributed by atoms with Crippen molar-refractivity contribution < 1.29 is 18.8 Å². The Morgan fingerprint density at radius 2 is 1.77 bits per heavy atom. The fourth-order valence-electron chi connectivity index (χ4n) is 2.80. The van der Waals surface area contributed by atoms with Crippen LogP contribution in [0.5, 0.6) is 0 Å². The van der Waals surface area contributed by atoms with Crippen molar-refractivity contribution in [2.45, 2.75) is 38.8 Å².